The van der Waals surface area contributed by atoms with Crippen molar-refractivity contribution in [2.24, 2.45) is 0 Å². The largest absolute Gasteiger partial charge is 0.465 e. The fourth-order valence-corrected chi connectivity index (χ4v) is 3.22. The van der Waals surface area contributed by atoms with Gasteiger partial charge in [-0.15, -0.1) is 0 Å². The van der Waals surface area contributed by atoms with Crippen molar-refractivity contribution in [2.45, 2.75) is 6.92 Å². The van der Waals surface area contributed by atoms with E-state index in [1.807, 2.05) is 0 Å². The number of nitrogens with zero attached hydrogens (tertiary/aromatic N) is 2. The van der Waals surface area contributed by atoms with Gasteiger partial charge >= 0.3 is 5.97 Å². The van der Waals surface area contributed by atoms with Gasteiger partial charge in [0.25, 0.3) is 11.8 Å². The molecule has 2 heterocycles. The number of hydrogen-bond acceptors (Lipinski definition) is 6. The summed E-state index contributed by atoms with van der Waals surface area (Å²) >= 11 is 6.09. The van der Waals surface area contributed by atoms with Crippen molar-refractivity contribution in [3.8, 4) is 0 Å². The molecule has 0 fully saturated rings. The van der Waals surface area contributed by atoms with E-state index < -0.39 is 17.8 Å². The van der Waals surface area contributed by atoms with E-state index in [0.717, 1.165) is 0 Å². The summed E-state index contributed by atoms with van der Waals surface area (Å²) in [6, 6.07) is 9.86. The number of anilines is 2. The molecule has 2 amide bonds. The summed E-state index contributed by atoms with van der Waals surface area (Å²) < 4.78 is 4.70. The molecule has 0 aliphatic heterocycles. The molecule has 0 aliphatic carbocycles. The molecule has 2 aromatic carbocycles. The summed E-state index contributed by atoms with van der Waals surface area (Å²) in [5.41, 5.74) is 2.47. The zero-order chi connectivity index (χ0) is 22.8. The van der Waals surface area contributed by atoms with E-state index in [0.29, 0.717) is 32.9 Å². The van der Waals surface area contributed by atoms with E-state index in [9.17, 15) is 14.4 Å². The number of carbonyl (C=O) groups is 3. The van der Waals surface area contributed by atoms with Gasteiger partial charge in [-0.05, 0) is 42.8 Å². The van der Waals surface area contributed by atoms with Crippen molar-refractivity contribution in [3.63, 3.8) is 0 Å². The van der Waals surface area contributed by atoms with E-state index in [2.05, 4.69) is 30.6 Å². The number of aromatic amines is 2. The Balaban J connectivity index is 1.54. The van der Waals surface area contributed by atoms with Crippen molar-refractivity contribution >= 4 is 52.1 Å². The first-order valence-corrected chi connectivity index (χ1v) is 9.74. The zero-order valence-corrected chi connectivity index (χ0v) is 17.7. The van der Waals surface area contributed by atoms with Gasteiger partial charge < -0.3 is 20.0 Å². The lowest BCUT2D eigenvalue weighted by Crippen LogP contribution is -2.21. The number of benzene rings is 2. The van der Waals surface area contributed by atoms with Crippen molar-refractivity contribution in [1.82, 2.24) is 19.9 Å². The Hall–Kier alpha value is -4.18. The molecule has 0 bridgehead atoms. The van der Waals surface area contributed by atoms with E-state index in [4.69, 9.17) is 16.3 Å². The summed E-state index contributed by atoms with van der Waals surface area (Å²) in [6.07, 6.45) is 1.25. The van der Waals surface area contributed by atoms with Crippen molar-refractivity contribution in [2.75, 3.05) is 17.7 Å². The number of hydrogen-bond donors (Lipinski definition) is 4. The molecule has 2 aromatic heterocycles. The highest BCUT2D eigenvalue weighted by Gasteiger charge is 2.22. The molecule has 0 spiro atoms. The third-order valence-electron chi connectivity index (χ3n) is 4.73. The molecule has 4 aromatic rings. The highest BCUT2D eigenvalue weighted by Crippen LogP contribution is 2.24. The van der Waals surface area contributed by atoms with Crippen LogP contribution in [0.3, 0.4) is 0 Å². The Morgan fingerprint density at radius 3 is 2.69 bits per heavy atom. The Labute approximate surface area is 186 Å². The summed E-state index contributed by atoms with van der Waals surface area (Å²) in [6.45, 7) is 1.77. The van der Waals surface area contributed by atoms with Crippen LogP contribution < -0.4 is 10.6 Å². The maximum Gasteiger partial charge on any atom is 0.337 e. The maximum absolute atomic E-state index is 12.8. The Bertz CT molecular complexity index is 1360. The number of esters is 1. The summed E-state index contributed by atoms with van der Waals surface area (Å²) in [4.78, 5) is 51.0. The number of nitrogens with one attached hydrogen (secondary N) is 4. The second-order valence-corrected chi connectivity index (χ2v) is 7.16. The zero-order valence-electron chi connectivity index (χ0n) is 16.9. The van der Waals surface area contributed by atoms with Crippen LogP contribution in [0, 0.1) is 6.92 Å². The first-order chi connectivity index (χ1) is 15.4. The molecular formula is C21H17ClN6O4. The number of H-pyrrole nitrogens is 2. The highest BCUT2D eigenvalue weighted by molar-refractivity contribution is 6.31. The predicted octanol–water partition coefficient (Wildman–Crippen LogP) is 3.54. The van der Waals surface area contributed by atoms with Crippen molar-refractivity contribution in [1.29, 1.82) is 0 Å². The lowest BCUT2D eigenvalue weighted by atomic mass is 10.2. The molecule has 11 heteroatoms. The topological polar surface area (TPSA) is 142 Å². The molecule has 0 saturated carbocycles. The molecule has 4 rings (SSSR count). The monoisotopic (exact) mass is 452 g/mol. The lowest BCUT2D eigenvalue weighted by molar-refractivity contribution is 0.0600. The SMILES string of the molecule is COC(=O)c1ccc2nc(NC(=O)c3[nH]cnc3C(=O)Nc3cccc(Cl)c3C)[nH]c2c1. The van der Waals surface area contributed by atoms with Crippen LogP contribution in [0.4, 0.5) is 11.6 Å². The normalized spacial score (nSPS) is 10.7. The number of fused-ring (bicyclic) bond motifs is 1. The molecule has 0 atom stereocenters. The first kappa shape index (κ1) is 21.1. The first-order valence-electron chi connectivity index (χ1n) is 9.36. The van der Waals surface area contributed by atoms with Gasteiger partial charge in [0.2, 0.25) is 5.95 Å². The fourth-order valence-electron chi connectivity index (χ4n) is 3.05. The van der Waals surface area contributed by atoms with Crippen LogP contribution >= 0.6 is 11.6 Å². The van der Waals surface area contributed by atoms with Crippen molar-refractivity contribution in [3.05, 3.63) is 70.3 Å². The summed E-state index contributed by atoms with van der Waals surface area (Å²) in [7, 11) is 1.29. The Kier molecular flexibility index (Phi) is 5.61. The third kappa shape index (κ3) is 4.03. The molecule has 4 N–H and O–H groups in total. The van der Waals surface area contributed by atoms with E-state index in [1.165, 1.54) is 13.4 Å². The van der Waals surface area contributed by atoms with E-state index >= 15 is 0 Å². The number of imidazole rings is 2. The fraction of sp³-hybridized carbons (Fsp3) is 0.0952. The maximum atomic E-state index is 12.8. The van der Waals surface area contributed by atoms with Crippen LogP contribution in [-0.2, 0) is 4.74 Å². The quantitative estimate of drug-likeness (QED) is 0.341. The molecule has 0 aliphatic rings. The molecule has 0 saturated heterocycles. The van der Waals surface area contributed by atoms with E-state index in [1.54, 1.807) is 43.3 Å². The lowest BCUT2D eigenvalue weighted by Gasteiger charge is -2.09. The minimum Gasteiger partial charge on any atom is -0.465 e. The minimum absolute atomic E-state index is 0.0436. The number of aromatic nitrogens is 4. The molecule has 162 valence electrons. The Morgan fingerprint density at radius 2 is 1.91 bits per heavy atom. The number of amides is 2. The average molecular weight is 453 g/mol. The number of methoxy groups -OCH3 is 1. The molecular weight excluding hydrogens is 436 g/mol. The van der Waals surface area contributed by atoms with Gasteiger partial charge in [-0.1, -0.05) is 17.7 Å². The second kappa shape index (κ2) is 8.52. The van der Waals surface area contributed by atoms with Gasteiger partial charge in [0.15, 0.2) is 5.69 Å². The smallest absolute Gasteiger partial charge is 0.337 e. The summed E-state index contributed by atoms with van der Waals surface area (Å²) in [5, 5.41) is 5.79. The average Bonchev–Trinajstić information content (AvgIpc) is 3.42. The molecule has 0 radical (unpaired) electrons. The summed E-state index contributed by atoms with van der Waals surface area (Å²) in [5.74, 6) is -1.55. The van der Waals surface area contributed by atoms with Gasteiger partial charge in [0.05, 0.1) is 30.0 Å². The van der Waals surface area contributed by atoms with Crippen LogP contribution in [0.15, 0.2) is 42.7 Å². The highest BCUT2D eigenvalue weighted by atomic mass is 35.5. The Morgan fingerprint density at radius 1 is 1.09 bits per heavy atom. The van der Waals surface area contributed by atoms with Crippen molar-refractivity contribution < 1.29 is 19.1 Å². The van der Waals surface area contributed by atoms with Gasteiger partial charge in [-0.2, -0.15) is 0 Å². The number of rotatable bonds is 5. The van der Waals surface area contributed by atoms with Gasteiger partial charge in [0, 0.05) is 10.7 Å². The van der Waals surface area contributed by atoms with Gasteiger partial charge in [-0.25, -0.2) is 14.8 Å². The third-order valence-corrected chi connectivity index (χ3v) is 5.14. The molecule has 32 heavy (non-hydrogen) atoms. The standard InChI is InChI=1S/C21H17ClN6O4/c1-10-12(22)4-3-5-13(10)25-18(29)16-17(24-9-23-16)19(30)28-21-26-14-7-6-11(20(31)32-2)8-15(14)27-21/h3-9H,1-2H3,(H,23,24)(H,25,29)(H2,26,27,28,30). The number of ether oxygens (including phenoxy) is 1. The number of halogens is 1. The molecule has 0 unspecified atom stereocenters. The van der Waals surface area contributed by atoms with Crippen LogP contribution in [-0.4, -0.2) is 44.8 Å². The van der Waals surface area contributed by atoms with Crippen LogP contribution in [0.1, 0.15) is 36.9 Å². The second-order valence-electron chi connectivity index (χ2n) is 6.76. The minimum atomic E-state index is -0.622. The number of carbonyl (C=O) groups excluding carboxylic acids is 3. The van der Waals surface area contributed by atoms with Crippen LogP contribution in [0.25, 0.3) is 11.0 Å². The van der Waals surface area contributed by atoms with Gasteiger partial charge in [-0.3, -0.25) is 14.9 Å². The molecule has 10 nitrogen and oxygen atoms in total. The van der Waals surface area contributed by atoms with Crippen LogP contribution in [0.5, 0.6) is 0 Å². The van der Waals surface area contributed by atoms with Crippen LogP contribution in [0.2, 0.25) is 5.02 Å². The predicted molar refractivity (Wildman–Crippen MR) is 118 cm³/mol. The van der Waals surface area contributed by atoms with E-state index in [-0.39, 0.29) is 17.3 Å². The van der Waals surface area contributed by atoms with Gasteiger partial charge in [0.1, 0.15) is 5.69 Å².